The summed E-state index contributed by atoms with van der Waals surface area (Å²) in [6.45, 7) is 3.63. The summed E-state index contributed by atoms with van der Waals surface area (Å²) in [5, 5.41) is 0. The highest BCUT2D eigenvalue weighted by Gasteiger charge is 2.31. The Bertz CT molecular complexity index is 780. The van der Waals surface area contributed by atoms with Crippen molar-refractivity contribution >= 4 is 22.1 Å². The molecule has 2 aliphatic rings. The molecule has 136 valence electrons. The molecule has 1 aromatic rings. The average Bonchev–Trinajstić information content (AvgIpc) is 2.85. The van der Waals surface area contributed by atoms with Crippen LogP contribution in [-0.2, 0) is 24.3 Å². The third kappa shape index (κ3) is 3.70. The maximum Gasteiger partial charge on any atom is 0.334 e. The summed E-state index contributed by atoms with van der Waals surface area (Å²) >= 11 is 0. The van der Waals surface area contributed by atoms with Crippen molar-refractivity contribution in [2.75, 3.05) is 39.5 Å². The zero-order valence-corrected chi connectivity index (χ0v) is 14.9. The molecule has 0 N–H and O–H groups in total. The number of rotatable bonds is 4. The summed E-state index contributed by atoms with van der Waals surface area (Å²) in [4.78, 5) is 12.1. The van der Waals surface area contributed by atoms with Crippen LogP contribution in [0.25, 0.3) is 6.08 Å². The van der Waals surface area contributed by atoms with Gasteiger partial charge in [0.1, 0.15) is 10.6 Å². The minimum absolute atomic E-state index is 0.119. The molecule has 0 radical (unpaired) electrons. The molecule has 8 heteroatoms. The van der Waals surface area contributed by atoms with Crippen molar-refractivity contribution in [2.45, 2.75) is 18.2 Å². The van der Waals surface area contributed by atoms with Crippen molar-refractivity contribution < 1.29 is 27.4 Å². The van der Waals surface area contributed by atoms with E-state index in [2.05, 4.69) is 0 Å². The molecular weight excluding hydrogens is 346 g/mol. The lowest BCUT2D eigenvalue weighted by atomic mass is 10.1. The van der Waals surface area contributed by atoms with Gasteiger partial charge >= 0.3 is 5.97 Å². The monoisotopic (exact) mass is 367 g/mol. The maximum absolute atomic E-state index is 13.0. The number of carbonyl (C=O) groups is 1. The Morgan fingerprint density at radius 2 is 2.00 bits per heavy atom. The number of esters is 1. The fraction of sp³-hybridized carbons (Fsp3) is 0.471. The van der Waals surface area contributed by atoms with E-state index in [1.54, 1.807) is 25.1 Å². The number of hydrogen-bond acceptors (Lipinski definition) is 6. The molecule has 25 heavy (non-hydrogen) atoms. The standard InChI is InChI=1S/C17H21NO6S/c1-2-23-17(19)14-6-9-24-16-13(12-14)4-3-5-15(16)25(20,21)18-7-10-22-11-8-18/h3-5,12H,2,6-11H2,1H3. The third-order valence-electron chi connectivity index (χ3n) is 4.08. The Morgan fingerprint density at radius 1 is 1.24 bits per heavy atom. The van der Waals surface area contributed by atoms with E-state index in [-0.39, 0.29) is 23.9 Å². The smallest absolute Gasteiger partial charge is 0.334 e. The highest BCUT2D eigenvalue weighted by molar-refractivity contribution is 7.89. The zero-order valence-electron chi connectivity index (χ0n) is 14.1. The first-order valence-electron chi connectivity index (χ1n) is 8.25. The molecule has 0 spiro atoms. The van der Waals surface area contributed by atoms with Gasteiger partial charge in [0.05, 0.1) is 26.4 Å². The van der Waals surface area contributed by atoms with E-state index >= 15 is 0 Å². The number of fused-ring (bicyclic) bond motifs is 1. The average molecular weight is 367 g/mol. The van der Waals surface area contributed by atoms with Crippen LogP contribution < -0.4 is 4.74 Å². The predicted molar refractivity (Wildman–Crippen MR) is 90.7 cm³/mol. The SMILES string of the molecule is CCOC(=O)C1=Cc2cccc(S(=O)(=O)N3CCOCC3)c2OCC1. The molecule has 2 heterocycles. The predicted octanol–water partition coefficient (Wildman–Crippen LogP) is 1.44. The van der Waals surface area contributed by atoms with Gasteiger partial charge in [0.15, 0.2) is 0 Å². The Morgan fingerprint density at radius 3 is 2.72 bits per heavy atom. The lowest BCUT2D eigenvalue weighted by molar-refractivity contribution is -0.138. The minimum Gasteiger partial charge on any atom is -0.491 e. The van der Waals surface area contributed by atoms with Crippen molar-refractivity contribution in [1.82, 2.24) is 4.31 Å². The number of benzene rings is 1. The molecule has 1 aromatic carbocycles. The summed E-state index contributed by atoms with van der Waals surface area (Å²) in [5.74, 6) is -0.117. The van der Waals surface area contributed by atoms with Gasteiger partial charge in [-0.3, -0.25) is 0 Å². The second kappa shape index (κ2) is 7.55. The largest absolute Gasteiger partial charge is 0.491 e. The number of morpholine rings is 1. The molecule has 0 aliphatic carbocycles. The molecule has 1 saturated heterocycles. The van der Waals surface area contributed by atoms with Gasteiger partial charge < -0.3 is 14.2 Å². The molecule has 0 bridgehead atoms. The lowest BCUT2D eigenvalue weighted by Crippen LogP contribution is -2.40. The molecular formula is C17H21NO6S. The van der Waals surface area contributed by atoms with Crippen molar-refractivity contribution in [2.24, 2.45) is 0 Å². The van der Waals surface area contributed by atoms with Gasteiger partial charge in [-0.15, -0.1) is 0 Å². The summed E-state index contributed by atoms with van der Waals surface area (Å²) in [6, 6.07) is 4.92. The second-order valence-corrected chi connectivity index (χ2v) is 7.59. The minimum atomic E-state index is -3.68. The van der Waals surface area contributed by atoms with Gasteiger partial charge in [0, 0.05) is 30.6 Å². The summed E-state index contributed by atoms with van der Waals surface area (Å²) in [6.07, 6.45) is 2.02. The zero-order chi connectivity index (χ0) is 17.9. The van der Waals surface area contributed by atoms with Crippen LogP contribution in [0.2, 0.25) is 0 Å². The van der Waals surface area contributed by atoms with Gasteiger partial charge in [-0.05, 0) is 19.1 Å². The van der Waals surface area contributed by atoms with E-state index < -0.39 is 16.0 Å². The number of nitrogens with zero attached hydrogens (tertiary/aromatic N) is 1. The van der Waals surface area contributed by atoms with E-state index in [4.69, 9.17) is 14.2 Å². The van der Waals surface area contributed by atoms with Crippen LogP contribution in [0.15, 0.2) is 28.7 Å². The first-order valence-corrected chi connectivity index (χ1v) is 9.69. The lowest BCUT2D eigenvalue weighted by Gasteiger charge is -2.27. The number of para-hydroxylation sites is 1. The number of hydrogen-bond donors (Lipinski definition) is 0. The highest BCUT2D eigenvalue weighted by Crippen LogP contribution is 2.34. The Labute approximate surface area is 147 Å². The highest BCUT2D eigenvalue weighted by atomic mass is 32.2. The fourth-order valence-corrected chi connectivity index (χ4v) is 4.41. The molecule has 1 fully saturated rings. The van der Waals surface area contributed by atoms with Gasteiger partial charge in [0.2, 0.25) is 10.0 Å². The summed E-state index contributed by atoms with van der Waals surface area (Å²) < 4.78 is 43.3. The first kappa shape index (κ1) is 17.9. The van der Waals surface area contributed by atoms with Crippen LogP contribution in [0.1, 0.15) is 18.9 Å². The molecule has 0 unspecified atom stereocenters. The maximum atomic E-state index is 13.0. The summed E-state index contributed by atoms with van der Waals surface area (Å²) in [7, 11) is -3.68. The van der Waals surface area contributed by atoms with Crippen molar-refractivity contribution in [1.29, 1.82) is 0 Å². The van der Waals surface area contributed by atoms with Crippen molar-refractivity contribution in [3.8, 4) is 5.75 Å². The molecule has 3 rings (SSSR count). The van der Waals surface area contributed by atoms with Crippen LogP contribution in [0.5, 0.6) is 5.75 Å². The van der Waals surface area contributed by atoms with E-state index in [0.29, 0.717) is 43.9 Å². The molecule has 0 atom stereocenters. The van der Waals surface area contributed by atoms with Crippen LogP contribution in [0, 0.1) is 0 Å². The molecule has 0 saturated carbocycles. The van der Waals surface area contributed by atoms with Gasteiger partial charge in [-0.1, -0.05) is 12.1 Å². The van der Waals surface area contributed by atoms with Gasteiger partial charge in [0.25, 0.3) is 0 Å². The first-order chi connectivity index (χ1) is 12.0. The third-order valence-corrected chi connectivity index (χ3v) is 6.00. The van der Waals surface area contributed by atoms with Crippen molar-refractivity contribution in [3.63, 3.8) is 0 Å². The normalized spacial score (nSPS) is 18.5. The topological polar surface area (TPSA) is 82.1 Å². The fourth-order valence-electron chi connectivity index (χ4n) is 2.84. The van der Waals surface area contributed by atoms with Crippen LogP contribution in [0.4, 0.5) is 0 Å². The Kier molecular flexibility index (Phi) is 5.41. The summed E-state index contributed by atoms with van der Waals surface area (Å²) in [5.41, 5.74) is 1.04. The van der Waals surface area contributed by atoms with E-state index in [1.165, 1.54) is 10.4 Å². The molecule has 0 amide bonds. The van der Waals surface area contributed by atoms with E-state index in [0.717, 1.165) is 0 Å². The second-order valence-electron chi connectivity index (χ2n) is 5.68. The Hall–Kier alpha value is -1.90. The van der Waals surface area contributed by atoms with Crippen molar-refractivity contribution in [3.05, 3.63) is 29.3 Å². The van der Waals surface area contributed by atoms with Gasteiger partial charge in [-0.25, -0.2) is 13.2 Å². The molecule has 7 nitrogen and oxygen atoms in total. The van der Waals surface area contributed by atoms with Crippen LogP contribution in [0.3, 0.4) is 0 Å². The Balaban J connectivity index is 1.99. The van der Waals surface area contributed by atoms with E-state index in [1.807, 2.05) is 0 Å². The molecule has 0 aromatic heterocycles. The van der Waals surface area contributed by atoms with E-state index in [9.17, 15) is 13.2 Å². The number of sulfonamides is 1. The number of carbonyl (C=O) groups excluding carboxylic acids is 1. The number of ether oxygens (including phenoxy) is 3. The van der Waals surface area contributed by atoms with Crippen LogP contribution >= 0.6 is 0 Å². The van der Waals surface area contributed by atoms with Gasteiger partial charge in [-0.2, -0.15) is 4.31 Å². The quantitative estimate of drug-likeness (QED) is 0.749. The van der Waals surface area contributed by atoms with Crippen LogP contribution in [-0.4, -0.2) is 58.2 Å². The molecule has 2 aliphatic heterocycles.